The molecule has 0 unspecified atom stereocenters. The van der Waals surface area contributed by atoms with Crippen molar-refractivity contribution in [3.8, 4) is 17.6 Å². The first-order valence-corrected chi connectivity index (χ1v) is 10.9. The highest BCUT2D eigenvalue weighted by atomic mass is 35.5. The molecular weight excluding hydrogens is 496 g/mol. The molecule has 2 aromatic rings. The lowest BCUT2D eigenvalue weighted by molar-refractivity contribution is -0.274. The van der Waals surface area contributed by atoms with E-state index in [1.807, 2.05) is 0 Å². The van der Waals surface area contributed by atoms with Gasteiger partial charge < -0.3 is 19.7 Å². The number of ether oxygens (including phenoxy) is 2. The number of alkyl halides is 3. The molecule has 178 valence electrons. The molecule has 1 aliphatic heterocycles. The van der Waals surface area contributed by atoms with E-state index in [9.17, 15) is 36.2 Å². The molecule has 33 heavy (non-hydrogen) atoms. The normalized spacial score (nSPS) is 21.6. The van der Waals surface area contributed by atoms with E-state index < -0.39 is 69.3 Å². The van der Waals surface area contributed by atoms with Crippen LogP contribution < -0.4 is 9.47 Å². The van der Waals surface area contributed by atoms with Crippen molar-refractivity contribution >= 4 is 21.6 Å². The molecule has 0 aromatic heterocycles. The summed E-state index contributed by atoms with van der Waals surface area (Å²) >= 11 is 5.87. The van der Waals surface area contributed by atoms with Gasteiger partial charge in [-0.15, -0.1) is 13.2 Å². The Bertz CT molecular complexity index is 1200. The van der Waals surface area contributed by atoms with Gasteiger partial charge in [-0.25, -0.2) is 12.8 Å². The second-order valence-corrected chi connectivity index (χ2v) is 9.37. The van der Waals surface area contributed by atoms with Crippen LogP contribution in [0.15, 0.2) is 41.3 Å². The van der Waals surface area contributed by atoms with E-state index >= 15 is 0 Å². The molecule has 1 saturated heterocycles. The third-order valence-corrected chi connectivity index (χ3v) is 7.08. The summed E-state index contributed by atoms with van der Waals surface area (Å²) in [5.41, 5.74) is -2.36. The van der Waals surface area contributed by atoms with Gasteiger partial charge in [0.15, 0.2) is 0 Å². The lowest BCUT2D eigenvalue weighted by Gasteiger charge is -2.27. The highest BCUT2D eigenvalue weighted by molar-refractivity contribution is 7.89. The summed E-state index contributed by atoms with van der Waals surface area (Å²) in [6.07, 6.45) is -6.36. The molecule has 2 N–H and O–H groups in total. The molecule has 8 nitrogen and oxygen atoms in total. The summed E-state index contributed by atoms with van der Waals surface area (Å²) in [7, 11) is -4.46. The molecule has 14 heteroatoms. The van der Waals surface area contributed by atoms with Crippen molar-refractivity contribution in [2.75, 3.05) is 19.7 Å². The molecule has 0 saturated carbocycles. The summed E-state index contributed by atoms with van der Waals surface area (Å²) in [5.74, 6) is -1.77. The Morgan fingerprint density at radius 1 is 1.24 bits per heavy atom. The average Bonchev–Trinajstić information content (AvgIpc) is 3.04. The number of nitrogens with zero attached hydrogens (tertiary/aromatic N) is 2. The minimum Gasteiger partial charge on any atom is -0.486 e. The number of aliphatic hydroxyl groups excluding tert-OH is 1. The molecule has 0 bridgehead atoms. The number of nitriles is 1. The summed E-state index contributed by atoms with van der Waals surface area (Å²) in [6, 6.07) is 7.07. The number of hydrogen-bond donors (Lipinski definition) is 2. The van der Waals surface area contributed by atoms with Gasteiger partial charge in [0.05, 0.1) is 23.7 Å². The lowest BCUT2D eigenvalue weighted by Crippen LogP contribution is -2.48. The highest BCUT2D eigenvalue weighted by Gasteiger charge is 2.51. The van der Waals surface area contributed by atoms with E-state index in [0.717, 1.165) is 28.6 Å². The number of hydrogen-bond acceptors (Lipinski definition) is 7. The van der Waals surface area contributed by atoms with Crippen LogP contribution in [0.5, 0.6) is 11.5 Å². The van der Waals surface area contributed by atoms with Gasteiger partial charge in [-0.3, -0.25) is 0 Å². The van der Waals surface area contributed by atoms with Crippen molar-refractivity contribution in [3.63, 3.8) is 0 Å². The van der Waals surface area contributed by atoms with Crippen LogP contribution in [0.25, 0.3) is 0 Å². The van der Waals surface area contributed by atoms with E-state index in [-0.39, 0.29) is 11.3 Å². The van der Waals surface area contributed by atoms with Gasteiger partial charge in [0.1, 0.15) is 40.0 Å². The Balaban J connectivity index is 1.86. The first-order valence-electron chi connectivity index (χ1n) is 9.04. The van der Waals surface area contributed by atoms with E-state index in [0.29, 0.717) is 6.07 Å². The molecule has 1 heterocycles. The van der Waals surface area contributed by atoms with E-state index in [1.165, 1.54) is 6.07 Å². The number of halogens is 5. The van der Waals surface area contributed by atoms with Gasteiger partial charge in [-0.2, -0.15) is 9.57 Å². The topological polar surface area (TPSA) is 120 Å². The van der Waals surface area contributed by atoms with Crippen LogP contribution in [-0.2, 0) is 10.0 Å². The van der Waals surface area contributed by atoms with Crippen molar-refractivity contribution in [1.29, 1.82) is 5.26 Å². The molecule has 0 spiro atoms. The Labute approximate surface area is 190 Å². The Hall–Kier alpha value is -2.63. The third-order valence-electron chi connectivity index (χ3n) is 4.79. The van der Waals surface area contributed by atoms with Crippen LogP contribution in [0.1, 0.15) is 5.56 Å². The van der Waals surface area contributed by atoms with Crippen molar-refractivity contribution < 1.29 is 45.7 Å². The van der Waals surface area contributed by atoms with Crippen molar-refractivity contribution in [3.05, 3.63) is 52.8 Å². The quantitative estimate of drug-likeness (QED) is 0.573. The molecule has 0 radical (unpaired) electrons. The smallest absolute Gasteiger partial charge is 0.486 e. The highest BCUT2D eigenvalue weighted by Crippen LogP contribution is 2.35. The zero-order valence-electron chi connectivity index (χ0n) is 16.4. The summed E-state index contributed by atoms with van der Waals surface area (Å²) in [6.45, 7) is -2.07. The summed E-state index contributed by atoms with van der Waals surface area (Å²) in [4.78, 5) is -0.566. The van der Waals surface area contributed by atoms with Crippen LogP contribution in [0.4, 0.5) is 17.6 Å². The zero-order chi connectivity index (χ0) is 24.6. The maximum Gasteiger partial charge on any atom is 0.573 e. The standard InChI is InChI=1S/C19H15ClF4N2O6S/c20-14-5-13(32-19(22,23)24)3-4-16(14)33(29,30)26-8-17(18(28,9-26)10-27)31-12-2-1-11(7-25)15(21)6-12/h1-6,17,27-28H,8-10H2/t17-,18+/m0/s1. The predicted octanol–water partition coefficient (Wildman–Crippen LogP) is 2.42. The van der Waals surface area contributed by atoms with Crippen molar-refractivity contribution in [1.82, 2.24) is 4.31 Å². The van der Waals surface area contributed by atoms with Gasteiger partial charge in [0, 0.05) is 18.7 Å². The second kappa shape index (κ2) is 8.96. The fourth-order valence-corrected chi connectivity index (χ4v) is 5.17. The Kier molecular flexibility index (Phi) is 6.79. The predicted molar refractivity (Wildman–Crippen MR) is 104 cm³/mol. The van der Waals surface area contributed by atoms with E-state index in [4.69, 9.17) is 21.6 Å². The minimum atomic E-state index is -5.01. The zero-order valence-corrected chi connectivity index (χ0v) is 18.0. The van der Waals surface area contributed by atoms with Crippen LogP contribution in [0.2, 0.25) is 5.02 Å². The summed E-state index contributed by atoms with van der Waals surface area (Å²) in [5, 5.41) is 28.6. The number of β-amino-alcohol motifs (C(OH)–C–C–N with tert-alkyl or cyclic N) is 1. The van der Waals surface area contributed by atoms with Gasteiger partial charge in [0.25, 0.3) is 0 Å². The van der Waals surface area contributed by atoms with Crippen molar-refractivity contribution in [2.24, 2.45) is 0 Å². The summed E-state index contributed by atoms with van der Waals surface area (Å²) < 4.78 is 86.9. The fourth-order valence-electron chi connectivity index (χ4n) is 3.16. The van der Waals surface area contributed by atoms with Crippen LogP contribution in [0.3, 0.4) is 0 Å². The van der Waals surface area contributed by atoms with Crippen LogP contribution >= 0.6 is 11.6 Å². The molecule has 1 aliphatic rings. The molecule has 0 amide bonds. The number of sulfonamides is 1. The van der Waals surface area contributed by atoms with Gasteiger partial charge in [0.2, 0.25) is 10.0 Å². The maximum atomic E-state index is 13.9. The number of benzene rings is 2. The fraction of sp³-hybridized carbons (Fsp3) is 0.316. The largest absolute Gasteiger partial charge is 0.573 e. The van der Waals surface area contributed by atoms with Gasteiger partial charge in [-0.05, 0) is 24.3 Å². The van der Waals surface area contributed by atoms with E-state index in [1.54, 1.807) is 6.07 Å². The third kappa shape index (κ3) is 5.31. The molecule has 2 aromatic carbocycles. The molecule has 0 aliphatic carbocycles. The molecule has 3 rings (SSSR count). The average molecular weight is 511 g/mol. The maximum absolute atomic E-state index is 13.9. The Morgan fingerprint density at radius 3 is 2.45 bits per heavy atom. The van der Waals surface area contributed by atoms with Gasteiger partial charge >= 0.3 is 6.36 Å². The lowest BCUT2D eigenvalue weighted by atomic mass is 10.0. The molecule has 1 fully saturated rings. The van der Waals surface area contributed by atoms with Crippen LogP contribution in [0, 0.1) is 17.1 Å². The molecule has 2 atom stereocenters. The number of aliphatic hydroxyl groups is 2. The number of rotatable bonds is 6. The monoisotopic (exact) mass is 510 g/mol. The second-order valence-electron chi connectivity index (χ2n) is 7.06. The van der Waals surface area contributed by atoms with Gasteiger partial charge in [-0.1, -0.05) is 11.6 Å². The van der Waals surface area contributed by atoms with Crippen LogP contribution in [-0.4, -0.2) is 60.7 Å². The SMILES string of the molecule is N#Cc1ccc(O[C@H]2CN(S(=O)(=O)c3ccc(OC(F)(F)F)cc3Cl)C[C@@]2(O)CO)cc1F. The molecular formula is C19H15ClF4N2O6S. The first kappa shape index (κ1) is 25.0. The minimum absolute atomic E-state index is 0.130. The first-order chi connectivity index (χ1) is 15.3. The van der Waals surface area contributed by atoms with Crippen molar-refractivity contribution in [2.45, 2.75) is 23.0 Å². The Morgan fingerprint density at radius 2 is 1.91 bits per heavy atom. The van der Waals surface area contributed by atoms with E-state index in [2.05, 4.69) is 4.74 Å².